The van der Waals surface area contributed by atoms with Crippen LogP contribution in [0.15, 0.2) is 291 Å². The van der Waals surface area contributed by atoms with Crippen LogP contribution in [-0.2, 0) is 21.7 Å². The summed E-state index contributed by atoms with van der Waals surface area (Å²) in [6, 6.07) is 109. The van der Waals surface area contributed by atoms with Gasteiger partial charge in [0.05, 0.1) is 45.1 Å². The Kier molecular flexibility index (Phi) is 16.5. The number of nitrogens with zero attached hydrogens (tertiary/aromatic N) is 6. The molecule has 0 saturated carbocycles. The highest BCUT2D eigenvalue weighted by Gasteiger charge is 2.29. The van der Waals surface area contributed by atoms with Crippen molar-refractivity contribution in [2.24, 2.45) is 0 Å². The zero-order chi connectivity index (χ0) is 72.0. The predicted molar refractivity (Wildman–Crippen MR) is 437 cm³/mol. The molecule has 0 aliphatic heterocycles. The van der Waals surface area contributed by atoms with Crippen LogP contribution >= 0.6 is 0 Å². The van der Waals surface area contributed by atoms with Crippen molar-refractivity contribution in [1.29, 1.82) is 5.26 Å². The molecule has 0 radical (unpaired) electrons. The molecular formula is C98H84N6. The van der Waals surface area contributed by atoms with E-state index in [1.54, 1.807) is 0 Å². The van der Waals surface area contributed by atoms with E-state index in [0.29, 0.717) is 23.0 Å². The summed E-state index contributed by atoms with van der Waals surface area (Å²) < 4.78 is 4.97. The fourth-order valence-electron chi connectivity index (χ4n) is 14.8. The quantitative estimate of drug-likeness (QED) is 0.129. The van der Waals surface area contributed by atoms with Gasteiger partial charge < -0.3 is 9.13 Å². The Bertz CT molecular complexity index is 5690. The lowest BCUT2D eigenvalue weighted by Crippen LogP contribution is -2.17. The number of hydrogen-bond donors (Lipinski definition) is 0. The summed E-state index contributed by atoms with van der Waals surface area (Å²) in [5.41, 5.74) is 26.8. The smallest absolute Gasteiger partial charge is 0.164 e. The maximum Gasteiger partial charge on any atom is 0.164 e. The monoisotopic (exact) mass is 1340 g/mol. The van der Waals surface area contributed by atoms with Crippen LogP contribution in [0.4, 0.5) is 0 Å². The second-order valence-corrected chi connectivity index (χ2v) is 32.1. The van der Waals surface area contributed by atoms with Crippen molar-refractivity contribution in [3.63, 3.8) is 0 Å². The highest BCUT2D eigenvalue weighted by molar-refractivity contribution is 6.14. The molecule has 3 heterocycles. The number of rotatable bonds is 11. The van der Waals surface area contributed by atoms with E-state index in [2.05, 4.69) is 377 Å². The highest BCUT2D eigenvalue weighted by atomic mass is 15.0. The summed E-state index contributed by atoms with van der Waals surface area (Å²) in [6.07, 6.45) is 0. The molecular weight excluding hydrogens is 1260 g/mol. The molecule has 16 aromatic rings. The van der Waals surface area contributed by atoms with Crippen molar-refractivity contribution in [1.82, 2.24) is 24.1 Å². The Labute approximate surface area is 611 Å². The molecule has 16 rings (SSSR count). The van der Waals surface area contributed by atoms with E-state index in [9.17, 15) is 5.26 Å². The van der Waals surface area contributed by atoms with Gasteiger partial charge in [-0.05, 0) is 215 Å². The van der Waals surface area contributed by atoms with E-state index in [1.807, 2.05) is 12.1 Å². The lowest BCUT2D eigenvalue weighted by atomic mass is 9.79. The predicted octanol–water partition coefficient (Wildman–Crippen LogP) is 26.1. The maximum absolute atomic E-state index is 10.2. The standard InChI is InChI=1S/C98H84N6/c1-95(2,3)76-49-74(50-77(59-76)96(4,5)6)93-100-92(101-94(102-93)75-51-78(97(7,8)9)60-79(52-75)98(10,11)12)73-42-48-91(104-88-45-39-70(65-29-21-15-22-30-65)55-82(88)83-56-71(40-46-89(83)104)66-31-23-16-24-32-66)85(58-73)84-57-72(67-35-33-62(61-99)34-36-67)41-47-90(84)103-86-43-37-68(63-25-17-13-18-26-63)53-80(86)81-54-69(38-44-87(81)103)64-27-19-14-20-28-64/h13-60H,1-12H3. The molecule has 0 spiro atoms. The van der Waals surface area contributed by atoms with Gasteiger partial charge in [0.1, 0.15) is 0 Å². The van der Waals surface area contributed by atoms with Gasteiger partial charge in [-0.3, -0.25) is 0 Å². The topological polar surface area (TPSA) is 72.3 Å². The Hall–Kier alpha value is -12.0. The minimum Gasteiger partial charge on any atom is -0.309 e. The van der Waals surface area contributed by atoms with Crippen LogP contribution in [0.3, 0.4) is 0 Å². The van der Waals surface area contributed by atoms with Crippen LogP contribution in [0.2, 0.25) is 0 Å². The van der Waals surface area contributed by atoms with Gasteiger partial charge in [-0.25, -0.2) is 15.0 Å². The first-order valence-corrected chi connectivity index (χ1v) is 36.3. The summed E-state index contributed by atoms with van der Waals surface area (Å²) >= 11 is 0. The SMILES string of the molecule is CC(C)(C)c1cc(-c2nc(-c3cc(C(C)(C)C)cc(C(C)(C)C)c3)nc(-c3ccc(-n4c5ccc(-c6ccccc6)cc5c5cc(-c6ccccc6)ccc54)c(-c4cc(-c5ccc(C#N)cc5)ccc4-n4c5ccc(-c6ccccc6)cc5c5cc(-c6ccccc6)ccc54)c3)n2)cc(C(C)(C)C)c1. The molecule has 3 aromatic heterocycles. The van der Waals surface area contributed by atoms with Crippen LogP contribution < -0.4 is 0 Å². The van der Waals surface area contributed by atoms with Gasteiger partial charge in [-0.2, -0.15) is 5.26 Å². The largest absolute Gasteiger partial charge is 0.309 e. The Balaban J connectivity index is 1.04. The third-order valence-electron chi connectivity index (χ3n) is 20.8. The first kappa shape index (κ1) is 66.5. The van der Waals surface area contributed by atoms with E-state index in [-0.39, 0.29) is 21.7 Å². The zero-order valence-corrected chi connectivity index (χ0v) is 61.4. The van der Waals surface area contributed by atoms with Crippen LogP contribution in [0, 0.1) is 11.3 Å². The van der Waals surface area contributed by atoms with Gasteiger partial charge in [0, 0.05) is 49.4 Å². The molecule has 0 bridgehead atoms. The average molecular weight is 1350 g/mol. The zero-order valence-electron chi connectivity index (χ0n) is 61.4. The number of benzene rings is 13. The van der Waals surface area contributed by atoms with Gasteiger partial charge in [-0.1, -0.05) is 259 Å². The molecule has 104 heavy (non-hydrogen) atoms. The van der Waals surface area contributed by atoms with E-state index >= 15 is 0 Å². The number of nitriles is 1. The van der Waals surface area contributed by atoms with Gasteiger partial charge in [0.25, 0.3) is 0 Å². The van der Waals surface area contributed by atoms with Gasteiger partial charge >= 0.3 is 0 Å². The van der Waals surface area contributed by atoms with Crippen LogP contribution in [0.25, 0.3) is 156 Å². The minimum absolute atomic E-state index is 0.171. The average Bonchev–Trinajstić information content (AvgIpc) is 1.56. The second kappa shape index (κ2) is 25.8. The second-order valence-electron chi connectivity index (χ2n) is 32.1. The van der Waals surface area contributed by atoms with E-state index in [1.165, 1.54) is 22.3 Å². The molecule has 0 N–H and O–H groups in total. The molecule has 0 aliphatic rings. The molecule has 6 heteroatoms. The summed E-state index contributed by atoms with van der Waals surface area (Å²) in [4.78, 5) is 17.1. The van der Waals surface area contributed by atoms with E-state index in [0.717, 1.165) is 138 Å². The van der Waals surface area contributed by atoms with E-state index < -0.39 is 0 Å². The van der Waals surface area contributed by atoms with Gasteiger partial charge in [-0.15, -0.1) is 0 Å². The van der Waals surface area contributed by atoms with Crippen molar-refractivity contribution in [3.05, 3.63) is 319 Å². The summed E-state index contributed by atoms with van der Waals surface area (Å²) in [7, 11) is 0. The normalized spacial score (nSPS) is 12.2. The maximum atomic E-state index is 10.2. The molecule has 506 valence electrons. The highest BCUT2D eigenvalue weighted by Crippen LogP contribution is 2.47. The first-order valence-electron chi connectivity index (χ1n) is 36.3. The summed E-state index contributed by atoms with van der Waals surface area (Å²) in [6.45, 7) is 27.4. The van der Waals surface area contributed by atoms with Crippen molar-refractivity contribution in [2.75, 3.05) is 0 Å². The number of hydrogen-bond acceptors (Lipinski definition) is 4. The van der Waals surface area contributed by atoms with Crippen LogP contribution in [-0.4, -0.2) is 24.1 Å². The molecule has 0 amide bonds. The Morgan fingerprint density at radius 2 is 0.490 bits per heavy atom. The lowest BCUT2D eigenvalue weighted by molar-refractivity contribution is 0.568. The van der Waals surface area contributed by atoms with Crippen molar-refractivity contribution < 1.29 is 0 Å². The van der Waals surface area contributed by atoms with E-state index in [4.69, 9.17) is 15.0 Å². The summed E-state index contributed by atoms with van der Waals surface area (Å²) in [5, 5.41) is 14.7. The fourth-order valence-corrected chi connectivity index (χ4v) is 14.8. The molecule has 0 atom stereocenters. The third-order valence-corrected chi connectivity index (χ3v) is 20.8. The Morgan fingerprint density at radius 3 is 0.788 bits per heavy atom. The molecule has 0 fully saturated rings. The number of aromatic nitrogens is 5. The molecule has 0 saturated heterocycles. The minimum atomic E-state index is -0.171. The van der Waals surface area contributed by atoms with Gasteiger partial charge in [0.2, 0.25) is 0 Å². The molecule has 0 unspecified atom stereocenters. The summed E-state index contributed by atoms with van der Waals surface area (Å²) in [5.74, 6) is 1.77. The fraction of sp³-hybridized carbons (Fsp3) is 0.163. The van der Waals surface area contributed by atoms with Crippen LogP contribution in [0.1, 0.15) is 111 Å². The van der Waals surface area contributed by atoms with Gasteiger partial charge in [0.15, 0.2) is 17.5 Å². The van der Waals surface area contributed by atoms with Crippen LogP contribution in [0.5, 0.6) is 0 Å². The lowest BCUT2D eigenvalue weighted by Gasteiger charge is -2.26. The molecule has 0 aliphatic carbocycles. The number of fused-ring (bicyclic) bond motifs is 6. The van der Waals surface area contributed by atoms with Crippen molar-refractivity contribution >= 4 is 43.6 Å². The first-order chi connectivity index (χ1) is 50.0. The molecule has 13 aromatic carbocycles. The Morgan fingerprint density at radius 1 is 0.240 bits per heavy atom. The third kappa shape index (κ3) is 12.6. The molecule has 6 nitrogen and oxygen atoms in total. The van der Waals surface area contributed by atoms with Crippen molar-refractivity contribution in [3.8, 4) is 118 Å². The van der Waals surface area contributed by atoms with Crippen molar-refractivity contribution in [2.45, 2.75) is 105 Å².